The fraction of sp³-hybridized carbons (Fsp3) is 0.435. The lowest BCUT2D eigenvalue weighted by Crippen LogP contribution is -2.40. The lowest BCUT2D eigenvalue weighted by atomic mass is 10.2. The van der Waals surface area contributed by atoms with Crippen molar-refractivity contribution < 1.29 is 9.47 Å². The fourth-order valence-corrected chi connectivity index (χ4v) is 3.91. The van der Waals surface area contributed by atoms with Gasteiger partial charge in [-0.1, -0.05) is 23.7 Å². The molecule has 2 aromatic rings. The predicted molar refractivity (Wildman–Crippen MR) is 128 cm³/mol. The van der Waals surface area contributed by atoms with Gasteiger partial charge in [-0.25, -0.2) is 0 Å². The molecule has 0 aliphatic carbocycles. The Balaban J connectivity index is 1.61. The molecule has 0 bridgehead atoms. The van der Waals surface area contributed by atoms with E-state index in [1.165, 1.54) is 0 Å². The van der Waals surface area contributed by atoms with Gasteiger partial charge in [-0.15, -0.1) is 0 Å². The molecule has 30 heavy (non-hydrogen) atoms. The second-order valence-corrected chi connectivity index (χ2v) is 8.07. The molecule has 1 saturated heterocycles. The molecule has 2 aromatic carbocycles. The van der Waals surface area contributed by atoms with Gasteiger partial charge in [0.25, 0.3) is 0 Å². The number of thiocarbonyl (C=S) groups is 1. The fourth-order valence-electron chi connectivity index (χ4n) is 3.42. The summed E-state index contributed by atoms with van der Waals surface area (Å²) in [7, 11) is 0. The van der Waals surface area contributed by atoms with Crippen molar-refractivity contribution in [2.75, 3.05) is 51.3 Å². The lowest BCUT2D eigenvalue weighted by molar-refractivity contribution is 0.0368. The van der Waals surface area contributed by atoms with Gasteiger partial charge in [0.2, 0.25) is 0 Å². The molecule has 7 heteroatoms. The van der Waals surface area contributed by atoms with Crippen LogP contribution < -0.4 is 10.1 Å². The van der Waals surface area contributed by atoms with Crippen LogP contribution in [-0.2, 0) is 11.3 Å². The molecule has 0 atom stereocenters. The maximum atomic E-state index is 6.19. The molecule has 0 aromatic heterocycles. The van der Waals surface area contributed by atoms with Crippen LogP contribution in [-0.4, -0.2) is 60.9 Å². The third-order valence-electron chi connectivity index (χ3n) is 4.97. The van der Waals surface area contributed by atoms with Crippen molar-refractivity contribution >= 4 is 34.6 Å². The summed E-state index contributed by atoms with van der Waals surface area (Å²) in [5.41, 5.74) is 2.09. The Kier molecular flexibility index (Phi) is 9.21. The Morgan fingerprint density at radius 2 is 1.97 bits per heavy atom. The largest absolute Gasteiger partial charge is 0.494 e. The van der Waals surface area contributed by atoms with Crippen molar-refractivity contribution in [1.82, 2.24) is 9.80 Å². The van der Waals surface area contributed by atoms with Crippen molar-refractivity contribution in [2.24, 2.45) is 0 Å². The van der Waals surface area contributed by atoms with Crippen molar-refractivity contribution in [2.45, 2.75) is 19.9 Å². The summed E-state index contributed by atoms with van der Waals surface area (Å²) in [5.74, 6) is 0.857. The van der Waals surface area contributed by atoms with E-state index in [0.29, 0.717) is 18.3 Å². The minimum atomic E-state index is 0.655. The third kappa shape index (κ3) is 7.43. The molecule has 5 nitrogen and oxygen atoms in total. The van der Waals surface area contributed by atoms with E-state index in [9.17, 15) is 0 Å². The van der Waals surface area contributed by atoms with E-state index in [0.717, 1.165) is 67.8 Å². The van der Waals surface area contributed by atoms with E-state index in [4.69, 9.17) is 33.3 Å². The lowest BCUT2D eigenvalue weighted by Gasteiger charge is -2.29. The number of benzene rings is 2. The highest BCUT2D eigenvalue weighted by molar-refractivity contribution is 7.80. The van der Waals surface area contributed by atoms with Crippen molar-refractivity contribution in [1.29, 1.82) is 0 Å². The second-order valence-electron chi connectivity index (χ2n) is 7.25. The quantitative estimate of drug-likeness (QED) is 0.563. The first-order valence-corrected chi connectivity index (χ1v) is 11.3. The van der Waals surface area contributed by atoms with E-state index >= 15 is 0 Å². The van der Waals surface area contributed by atoms with Crippen LogP contribution in [0.3, 0.4) is 0 Å². The summed E-state index contributed by atoms with van der Waals surface area (Å²) in [6.07, 6.45) is 1.03. The summed E-state index contributed by atoms with van der Waals surface area (Å²) in [6.45, 7) is 8.91. The Labute approximate surface area is 189 Å². The minimum Gasteiger partial charge on any atom is -0.494 e. The monoisotopic (exact) mass is 447 g/mol. The van der Waals surface area contributed by atoms with Crippen molar-refractivity contribution in [3.8, 4) is 5.75 Å². The molecule has 1 aliphatic rings. The number of hydrogen-bond acceptors (Lipinski definition) is 4. The highest BCUT2D eigenvalue weighted by Crippen LogP contribution is 2.18. The normalized spacial score (nSPS) is 14.3. The van der Waals surface area contributed by atoms with Crippen LogP contribution in [0, 0.1) is 0 Å². The van der Waals surface area contributed by atoms with Gasteiger partial charge >= 0.3 is 0 Å². The summed E-state index contributed by atoms with van der Waals surface area (Å²) in [4.78, 5) is 4.65. The standard InChI is InChI=1S/C23H30ClN3O2S/c1-2-29-22-9-7-21(8-10-22)25-23(30)27(18-19-5-3-6-20(24)17-19)12-4-11-26-13-15-28-16-14-26/h3,5-10,17H,2,4,11-16,18H2,1H3,(H,25,30). The van der Waals surface area contributed by atoms with Crippen molar-refractivity contribution in [3.05, 3.63) is 59.1 Å². The first-order valence-electron chi connectivity index (χ1n) is 10.5. The number of hydrogen-bond donors (Lipinski definition) is 1. The molecule has 0 spiro atoms. The summed E-state index contributed by atoms with van der Waals surface area (Å²) in [6, 6.07) is 15.8. The van der Waals surface area contributed by atoms with Crippen LogP contribution in [0.25, 0.3) is 0 Å². The number of halogens is 1. The van der Waals surface area contributed by atoms with Gasteiger partial charge in [0.15, 0.2) is 5.11 Å². The summed E-state index contributed by atoms with van der Waals surface area (Å²) in [5, 5.41) is 4.82. The predicted octanol–water partition coefficient (Wildman–Crippen LogP) is 4.66. The molecule has 0 radical (unpaired) electrons. The Morgan fingerprint density at radius 1 is 1.20 bits per heavy atom. The Morgan fingerprint density at radius 3 is 2.67 bits per heavy atom. The molecule has 1 aliphatic heterocycles. The van der Waals surface area contributed by atoms with Gasteiger partial charge in [-0.2, -0.15) is 0 Å². The Bertz CT molecular complexity index is 797. The van der Waals surface area contributed by atoms with Gasteiger partial charge in [0, 0.05) is 43.4 Å². The average Bonchev–Trinajstić information content (AvgIpc) is 2.75. The third-order valence-corrected chi connectivity index (χ3v) is 5.57. The first kappa shape index (κ1) is 22.8. The molecule has 1 heterocycles. The molecule has 1 N–H and O–H groups in total. The molecule has 3 rings (SSSR count). The van der Waals surface area contributed by atoms with E-state index in [1.54, 1.807) is 0 Å². The second kappa shape index (κ2) is 12.1. The number of nitrogens with one attached hydrogen (secondary N) is 1. The average molecular weight is 448 g/mol. The molecule has 162 valence electrons. The number of ether oxygens (including phenoxy) is 2. The van der Waals surface area contributed by atoms with Crippen LogP contribution in [0.15, 0.2) is 48.5 Å². The molecule has 0 unspecified atom stereocenters. The topological polar surface area (TPSA) is 37.0 Å². The van der Waals surface area contributed by atoms with Crippen LogP contribution in [0.1, 0.15) is 18.9 Å². The Hall–Kier alpha value is -1.86. The van der Waals surface area contributed by atoms with E-state index < -0.39 is 0 Å². The zero-order valence-corrected chi connectivity index (χ0v) is 19.1. The molecule has 0 saturated carbocycles. The highest BCUT2D eigenvalue weighted by Gasteiger charge is 2.14. The number of rotatable bonds is 9. The smallest absolute Gasteiger partial charge is 0.173 e. The number of morpholine rings is 1. The first-order chi connectivity index (χ1) is 14.6. The molecule has 0 amide bonds. The maximum absolute atomic E-state index is 6.19. The highest BCUT2D eigenvalue weighted by atomic mass is 35.5. The molecule has 1 fully saturated rings. The van der Waals surface area contributed by atoms with E-state index in [-0.39, 0.29) is 0 Å². The SMILES string of the molecule is CCOc1ccc(NC(=S)N(CCCN2CCOCC2)Cc2cccc(Cl)c2)cc1. The zero-order chi connectivity index (χ0) is 21.2. The van der Waals surface area contributed by atoms with Gasteiger partial charge < -0.3 is 19.7 Å². The van der Waals surface area contributed by atoms with Gasteiger partial charge in [-0.05, 0) is 67.5 Å². The van der Waals surface area contributed by atoms with Gasteiger partial charge in [-0.3, -0.25) is 4.90 Å². The number of nitrogens with zero attached hydrogens (tertiary/aromatic N) is 2. The van der Waals surface area contributed by atoms with E-state index in [1.807, 2.05) is 49.4 Å². The van der Waals surface area contributed by atoms with E-state index in [2.05, 4.69) is 21.2 Å². The minimum absolute atomic E-state index is 0.655. The van der Waals surface area contributed by atoms with Crippen LogP contribution in [0.5, 0.6) is 5.75 Å². The van der Waals surface area contributed by atoms with Crippen LogP contribution in [0.4, 0.5) is 5.69 Å². The number of anilines is 1. The van der Waals surface area contributed by atoms with Gasteiger partial charge in [0.1, 0.15) is 5.75 Å². The van der Waals surface area contributed by atoms with Crippen LogP contribution in [0.2, 0.25) is 5.02 Å². The van der Waals surface area contributed by atoms with Crippen LogP contribution >= 0.6 is 23.8 Å². The van der Waals surface area contributed by atoms with Gasteiger partial charge in [0.05, 0.1) is 19.8 Å². The van der Waals surface area contributed by atoms with Crippen molar-refractivity contribution in [3.63, 3.8) is 0 Å². The summed E-state index contributed by atoms with van der Waals surface area (Å²) < 4.78 is 11.0. The molecular weight excluding hydrogens is 418 g/mol. The zero-order valence-electron chi connectivity index (χ0n) is 17.5. The maximum Gasteiger partial charge on any atom is 0.173 e. The molecular formula is C23H30ClN3O2S. The summed E-state index contributed by atoms with van der Waals surface area (Å²) >= 11 is 11.9.